The Kier molecular flexibility index (Phi) is 2.43. The van der Waals surface area contributed by atoms with Gasteiger partial charge in [0, 0.05) is 18.2 Å². The Balaban J connectivity index is 1.58. The molecule has 2 saturated carbocycles. The lowest BCUT2D eigenvalue weighted by Gasteiger charge is -2.18. The fraction of sp³-hybridized carbons (Fsp3) is 0.500. The van der Waals surface area contributed by atoms with E-state index in [-0.39, 0.29) is 11.8 Å². The highest BCUT2D eigenvalue weighted by Crippen LogP contribution is 2.58. The molecule has 1 aromatic carbocycles. The average Bonchev–Trinajstić information content (AvgIpc) is 2.82. The highest BCUT2D eigenvalue weighted by molar-refractivity contribution is 6.00. The zero-order valence-corrected chi connectivity index (χ0v) is 11.2. The van der Waals surface area contributed by atoms with Gasteiger partial charge in [-0.25, -0.2) is 4.79 Å². The van der Waals surface area contributed by atoms with Gasteiger partial charge in [-0.15, -0.1) is 0 Å². The van der Waals surface area contributed by atoms with Gasteiger partial charge in [-0.05, 0) is 54.9 Å². The summed E-state index contributed by atoms with van der Waals surface area (Å²) < 4.78 is 0. The van der Waals surface area contributed by atoms with Gasteiger partial charge in [0.2, 0.25) is 5.91 Å². The molecule has 1 amide bonds. The van der Waals surface area contributed by atoms with Gasteiger partial charge < -0.3 is 10.0 Å². The number of hydrogen-bond donors (Lipinski definition) is 1. The monoisotopic (exact) mass is 271 g/mol. The van der Waals surface area contributed by atoms with Crippen molar-refractivity contribution in [1.29, 1.82) is 0 Å². The fourth-order valence-corrected chi connectivity index (χ4v) is 4.13. The average molecular weight is 271 g/mol. The molecule has 20 heavy (non-hydrogen) atoms. The zero-order valence-electron chi connectivity index (χ0n) is 11.2. The second-order valence-electron chi connectivity index (χ2n) is 6.17. The third-order valence-electron chi connectivity index (χ3n) is 5.18. The molecule has 4 heteroatoms. The predicted molar refractivity (Wildman–Crippen MR) is 73.8 cm³/mol. The number of anilines is 1. The molecule has 0 radical (unpaired) electrons. The molecular weight excluding hydrogens is 254 g/mol. The summed E-state index contributed by atoms with van der Waals surface area (Å²) in [5.41, 5.74) is 2.22. The maximum Gasteiger partial charge on any atom is 0.335 e. The molecule has 2 aliphatic carbocycles. The molecule has 0 aromatic heterocycles. The van der Waals surface area contributed by atoms with Crippen molar-refractivity contribution in [3.05, 3.63) is 29.3 Å². The van der Waals surface area contributed by atoms with Gasteiger partial charge in [0.05, 0.1) is 5.56 Å². The topological polar surface area (TPSA) is 57.6 Å². The van der Waals surface area contributed by atoms with Crippen LogP contribution >= 0.6 is 0 Å². The number of aromatic carboxylic acids is 1. The van der Waals surface area contributed by atoms with Gasteiger partial charge in [-0.3, -0.25) is 4.79 Å². The van der Waals surface area contributed by atoms with Gasteiger partial charge in [0.1, 0.15) is 0 Å². The van der Waals surface area contributed by atoms with E-state index in [2.05, 4.69) is 0 Å². The van der Waals surface area contributed by atoms with E-state index < -0.39 is 5.97 Å². The molecular formula is C16H17NO3. The van der Waals surface area contributed by atoms with Crippen LogP contribution in [0.2, 0.25) is 0 Å². The molecule has 104 valence electrons. The van der Waals surface area contributed by atoms with Crippen LogP contribution in [0.15, 0.2) is 18.2 Å². The summed E-state index contributed by atoms with van der Waals surface area (Å²) in [5, 5.41) is 9.02. The lowest BCUT2D eigenvalue weighted by molar-refractivity contribution is -0.120. The molecule has 2 unspecified atom stereocenters. The Labute approximate surface area is 117 Å². The van der Waals surface area contributed by atoms with E-state index >= 15 is 0 Å². The van der Waals surface area contributed by atoms with Gasteiger partial charge in [0.15, 0.2) is 0 Å². The number of nitrogens with zero attached hydrogens (tertiary/aromatic N) is 1. The first kappa shape index (κ1) is 11.9. The summed E-state index contributed by atoms with van der Waals surface area (Å²) in [6.07, 6.45) is 4.46. The number of hydrogen-bond acceptors (Lipinski definition) is 2. The van der Waals surface area contributed by atoms with Crippen molar-refractivity contribution in [1.82, 2.24) is 0 Å². The summed E-state index contributed by atoms with van der Waals surface area (Å²) >= 11 is 0. The zero-order chi connectivity index (χ0) is 13.9. The van der Waals surface area contributed by atoms with E-state index in [1.807, 2.05) is 4.90 Å². The number of carboxylic acids is 1. The van der Waals surface area contributed by atoms with Crippen LogP contribution in [0.25, 0.3) is 0 Å². The molecule has 0 bridgehead atoms. The van der Waals surface area contributed by atoms with E-state index in [9.17, 15) is 9.59 Å². The van der Waals surface area contributed by atoms with Gasteiger partial charge in [0.25, 0.3) is 0 Å². The quantitative estimate of drug-likeness (QED) is 0.898. The molecule has 1 aliphatic heterocycles. The van der Waals surface area contributed by atoms with Crippen LogP contribution in [0.1, 0.15) is 35.2 Å². The largest absolute Gasteiger partial charge is 0.478 e. The SMILES string of the molecule is O=C(O)c1ccc2c(c1)CCN2C(=O)C1C2CCCC21. The van der Waals surface area contributed by atoms with Gasteiger partial charge in [-0.1, -0.05) is 6.42 Å². The van der Waals surface area contributed by atoms with Crippen molar-refractivity contribution < 1.29 is 14.7 Å². The smallest absolute Gasteiger partial charge is 0.335 e. The van der Waals surface area contributed by atoms with Crippen LogP contribution in [-0.2, 0) is 11.2 Å². The first-order chi connectivity index (χ1) is 9.66. The first-order valence-corrected chi connectivity index (χ1v) is 7.34. The van der Waals surface area contributed by atoms with E-state index in [0.29, 0.717) is 23.9 Å². The molecule has 0 spiro atoms. The van der Waals surface area contributed by atoms with Crippen molar-refractivity contribution in [2.45, 2.75) is 25.7 Å². The highest BCUT2D eigenvalue weighted by Gasteiger charge is 2.57. The van der Waals surface area contributed by atoms with Crippen LogP contribution in [-0.4, -0.2) is 23.5 Å². The summed E-state index contributed by atoms with van der Waals surface area (Å²) in [6, 6.07) is 5.10. The van der Waals surface area contributed by atoms with Crippen LogP contribution < -0.4 is 4.90 Å². The first-order valence-electron chi connectivity index (χ1n) is 7.34. The van der Waals surface area contributed by atoms with Gasteiger partial charge >= 0.3 is 5.97 Å². The van der Waals surface area contributed by atoms with Crippen molar-refractivity contribution >= 4 is 17.6 Å². The summed E-state index contributed by atoms with van der Waals surface area (Å²) in [4.78, 5) is 25.5. The minimum atomic E-state index is -0.908. The molecule has 1 aromatic rings. The van der Waals surface area contributed by atoms with Crippen molar-refractivity contribution in [2.24, 2.45) is 17.8 Å². The van der Waals surface area contributed by atoms with Crippen molar-refractivity contribution in [3.63, 3.8) is 0 Å². The van der Waals surface area contributed by atoms with Crippen LogP contribution in [0, 0.1) is 17.8 Å². The summed E-state index contributed by atoms with van der Waals surface area (Å²) in [6.45, 7) is 0.702. The molecule has 0 saturated heterocycles. The Hall–Kier alpha value is -1.84. The van der Waals surface area contributed by atoms with Crippen molar-refractivity contribution in [3.8, 4) is 0 Å². The molecule has 2 atom stereocenters. The van der Waals surface area contributed by atoms with E-state index in [0.717, 1.165) is 17.7 Å². The molecule has 2 fully saturated rings. The number of benzene rings is 1. The standard InChI is InChI=1S/C16H17NO3/c18-15(14-11-2-1-3-12(11)14)17-7-6-9-8-10(16(19)20)4-5-13(9)17/h4-5,8,11-12,14H,1-3,6-7H2,(H,19,20). The number of rotatable bonds is 2. The lowest BCUT2D eigenvalue weighted by atomic mass is 10.1. The second-order valence-corrected chi connectivity index (χ2v) is 6.17. The molecule has 4 nitrogen and oxygen atoms in total. The number of fused-ring (bicyclic) bond motifs is 2. The van der Waals surface area contributed by atoms with E-state index in [1.54, 1.807) is 18.2 Å². The Morgan fingerprint density at radius 2 is 1.95 bits per heavy atom. The minimum Gasteiger partial charge on any atom is -0.478 e. The normalized spacial score (nSPS) is 30.0. The second kappa shape index (κ2) is 4.08. The van der Waals surface area contributed by atoms with E-state index in [1.165, 1.54) is 19.3 Å². The number of amides is 1. The maximum atomic E-state index is 12.6. The Morgan fingerprint density at radius 3 is 2.65 bits per heavy atom. The number of carbonyl (C=O) groups excluding carboxylic acids is 1. The highest BCUT2D eigenvalue weighted by atomic mass is 16.4. The third-order valence-corrected chi connectivity index (χ3v) is 5.18. The molecule has 1 heterocycles. The maximum absolute atomic E-state index is 12.6. The van der Waals surface area contributed by atoms with Gasteiger partial charge in [-0.2, -0.15) is 0 Å². The number of carboxylic acid groups (broad SMARTS) is 1. The Bertz CT molecular complexity index is 600. The summed E-state index contributed by atoms with van der Waals surface area (Å²) in [5.74, 6) is 0.861. The van der Waals surface area contributed by atoms with Crippen LogP contribution in [0.3, 0.4) is 0 Å². The third kappa shape index (κ3) is 1.60. The van der Waals surface area contributed by atoms with Crippen LogP contribution in [0.4, 0.5) is 5.69 Å². The minimum absolute atomic E-state index is 0.244. The van der Waals surface area contributed by atoms with Crippen molar-refractivity contribution in [2.75, 3.05) is 11.4 Å². The Morgan fingerprint density at radius 1 is 1.20 bits per heavy atom. The molecule has 1 N–H and O–H groups in total. The fourth-order valence-electron chi connectivity index (χ4n) is 4.13. The number of carbonyl (C=O) groups is 2. The lowest BCUT2D eigenvalue weighted by Crippen LogP contribution is -2.31. The molecule has 3 aliphatic rings. The predicted octanol–water partition coefficient (Wildman–Crippen LogP) is 2.32. The molecule has 4 rings (SSSR count). The van der Waals surface area contributed by atoms with Crippen LogP contribution in [0.5, 0.6) is 0 Å². The van der Waals surface area contributed by atoms with E-state index in [4.69, 9.17) is 5.11 Å². The summed E-state index contributed by atoms with van der Waals surface area (Å²) in [7, 11) is 0.